The predicted octanol–water partition coefficient (Wildman–Crippen LogP) is 6.24. The Labute approximate surface area is 135 Å². The Hall–Kier alpha value is -1.76. The van der Waals surface area contributed by atoms with Crippen LogP contribution in [0.15, 0.2) is 48.5 Å². The molecular weight excluding hydrogens is 268 g/mol. The Morgan fingerprint density at radius 1 is 0.818 bits per heavy atom. The van der Waals surface area contributed by atoms with E-state index in [0.717, 1.165) is 5.56 Å². The minimum Gasteiger partial charge on any atom is -0.508 e. The van der Waals surface area contributed by atoms with E-state index in [4.69, 9.17) is 0 Å². The molecule has 0 heterocycles. The normalized spacial score (nSPS) is 13.4. The summed E-state index contributed by atoms with van der Waals surface area (Å²) in [4.78, 5) is 0. The van der Waals surface area contributed by atoms with Gasteiger partial charge >= 0.3 is 0 Å². The highest BCUT2D eigenvalue weighted by Crippen LogP contribution is 2.40. The lowest BCUT2D eigenvalue weighted by Crippen LogP contribution is -2.20. The standard InChI is InChI=1S/C21H28O/c1-15(2)14-20(21(3,4)5)18-8-6-16(7-9-18)17-10-12-19(22)13-11-17/h6-13,15,20,22H,14H2,1-5H3. The van der Waals surface area contributed by atoms with Crippen molar-refractivity contribution in [3.8, 4) is 16.9 Å². The van der Waals surface area contributed by atoms with Gasteiger partial charge in [0.15, 0.2) is 0 Å². The molecule has 1 heteroatoms. The van der Waals surface area contributed by atoms with Crippen molar-refractivity contribution in [2.24, 2.45) is 11.3 Å². The van der Waals surface area contributed by atoms with Crippen LogP contribution in [0.25, 0.3) is 11.1 Å². The van der Waals surface area contributed by atoms with E-state index in [1.54, 1.807) is 12.1 Å². The van der Waals surface area contributed by atoms with Crippen molar-refractivity contribution in [3.05, 3.63) is 54.1 Å². The molecule has 1 nitrogen and oxygen atoms in total. The van der Waals surface area contributed by atoms with Crippen molar-refractivity contribution in [1.29, 1.82) is 0 Å². The summed E-state index contributed by atoms with van der Waals surface area (Å²) in [6.45, 7) is 11.6. The van der Waals surface area contributed by atoms with Crippen LogP contribution in [0.3, 0.4) is 0 Å². The van der Waals surface area contributed by atoms with Crippen LogP contribution in [0.5, 0.6) is 5.75 Å². The van der Waals surface area contributed by atoms with Gasteiger partial charge in [0, 0.05) is 0 Å². The second-order valence-electron chi connectivity index (χ2n) is 7.72. The van der Waals surface area contributed by atoms with Gasteiger partial charge in [-0.2, -0.15) is 0 Å². The van der Waals surface area contributed by atoms with Crippen LogP contribution in [0, 0.1) is 11.3 Å². The van der Waals surface area contributed by atoms with Crippen LogP contribution in [-0.4, -0.2) is 5.11 Å². The minimum absolute atomic E-state index is 0.268. The van der Waals surface area contributed by atoms with Crippen molar-refractivity contribution in [2.75, 3.05) is 0 Å². The van der Waals surface area contributed by atoms with Gasteiger partial charge in [-0.25, -0.2) is 0 Å². The lowest BCUT2D eigenvalue weighted by molar-refractivity contribution is 0.280. The number of hydrogen-bond acceptors (Lipinski definition) is 1. The zero-order chi connectivity index (χ0) is 16.3. The first kappa shape index (κ1) is 16.6. The molecule has 1 unspecified atom stereocenters. The van der Waals surface area contributed by atoms with Gasteiger partial charge in [-0.05, 0) is 52.5 Å². The third-order valence-electron chi connectivity index (χ3n) is 4.27. The fraction of sp³-hybridized carbons (Fsp3) is 0.429. The van der Waals surface area contributed by atoms with Gasteiger partial charge in [-0.1, -0.05) is 71.0 Å². The minimum atomic E-state index is 0.268. The van der Waals surface area contributed by atoms with Gasteiger partial charge in [0.2, 0.25) is 0 Å². The van der Waals surface area contributed by atoms with E-state index in [9.17, 15) is 5.11 Å². The Morgan fingerprint density at radius 3 is 1.68 bits per heavy atom. The van der Waals surface area contributed by atoms with E-state index >= 15 is 0 Å². The molecule has 0 saturated heterocycles. The summed E-state index contributed by atoms with van der Waals surface area (Å²) in [5.41, 5.74) is 4.02. The van der Waals surface area contributed by atoms with Crippen LogP contribution in [0.2, 0.25) is 0 Å². The van der Waals surface area contributed by atoms with E-state index in [2.05, 4.69) is 58.9 Å². The van der Waals surface area contributed by atoms with Crippen molar-refractivity contribution in [3.63, 3.8) is 0 Å². The zero-order valence-corrected chi connectivity index (χ0v) is 14.4. The average Bonchev–Trinajstić information content (AvgIpc) is 2.45. The molecule has 0 saturated carbocycles. The first-order chi connectivity index (χ1) is 10.3. The van der Waals surface area contributed by atoms with E-state index in [1.807, 2.05) is 12.1 Å². The summed E-state index contributed by atoms with van der Waals surface area (Å²) >= 11 is 0. The highest BCUT2D eigenvalue weighted by atomic mass is 16.3. The molecule has 118 valence electrons. The zero-order valence-electron chi connectivity index (χ0n) is 14.4. The maximum absolute atomic E-state index is 9.39. The first-order valence-electron chi connectivity index (χ1n) is 8.16. The van der Waals surface area contributed by atoms with Crippen LogP contribution in [0.1, 0.15) is 52.5 Å². The predicted molar refractivity (Wildman–Crippen MR) is 95.2 cm³/mol. The molecule has 22 heavy (non-hydrogen) atoms. The van der Waals surface area contributed by atoms with Crippen LogP contribution < -0.4 is 0 Å². The Balaban J connectivity index is 2.28. The third kappa shape index (κ3) is 4.13. The molecule has 0 aliphatic carbocycles. The summed E-state index contributed by atoms with van der Waals surface area (Å²) < 4.78 is 0. The van der Waals surface area contributed by atoms with E-state index < -0.39 is 0 Å². The first-order valence-corrected chi connectivity index (χ1v) is 8.16. The quantitative estimate of drug-likeness (QED) is 0.708. The van der Waals surface area contributed by atoms with Gasteiger partial charge in [-0.3, -0.25) is 0 Å². The molecule has 0 aliphatic rings. The van der Waals surface area contributed by atoms with Crippen LogP contribution in [-0.2, 0) is 0 Å². The molecule has 1 atom stereocenters. The molecule has 0 aromatic heterocycles. The molecule has 0 amide bonds. The molecule has 1 N–H and O–H groups in total. The fourth-order valence-electron chi connectivity index (χ4n) is 3.02. The lowest BCUT2D eigenvalue weighted by atomic mass is 9.72. The second-order valence-corrected chi connectivity index (χ2v) is 7.72. The van der Waals surface area contributed by atoms with Gasteiger partial charge in [0.25, 0.3) is 0 Å². The fourth-order valence-corrected chi connectivity index (χ4v) is 3.02. The van der Waals surface area contributed by atoms with Crippen molar-refractivity contribution >= 4 is 0 Å². The Bertz CT molecular complexity index is 585. The molecule has 0 aliphatic heterocycles. The molecule has 2 aromatic carbocycles. The average molecular weight is 296 g/mol. The summed E-state index contributed by atoms with van der Waals surface area (Å²) in [5, 5.41) is 9.39. The van der Waals surface area contributed by atoms with Crippen LogP contribution in [0.4, 0.5) is 0 Å². The van der Waals surface area contributed by atoms with Crippen molar-refractivity contribution in [1.82, 2.24) is 0 Å². The summed E-state index contributed by atoms with van der Waals surface area (Å²) in [7, 11) is 0. The summed E-state index contributed by atoms with van der Waals surface area (Å²) in [5.74, 6) is 1.58. The number of aromatic hydroxyl groups is 1. The number of rotatable bonds is 4. The molecule has 2 rings (SSSR count). The molecule has 0 spiro atoms. The lowest BCUT2D eigenvalue weighted by Gasteiger charge is -2.32. The van der Waals surface area contributed by atoms with Gasteiger partial charge in [0.1, 0.15) is 5.75 Å². The molecule has 0 bridgehead atoms. The largest absolute Gasteiger partial charge is 0.508 e. The number of benzene rings is 2. The van der Waals surface area contributed by atoms with Crippen molar-refractivity contribution in [2.45, 2.75) is 47.0 Å². The third-order valence-corrected chi connectivity index (χ3v) is 4.27. The highest BCUT2D eigenvalue weighted by molar-refractivity contribution is 5.64. The maximum atomic E-state index is 9.39. The van der Waals surface area contributed by atoms with Gasteiger partial charge < -0.3 is 5.11 Å². The van der Waals surface area contributed by atoms with E-state index in [1.165, 1.54) is 17.5 Å². The number of phenols is 1. The topological polar surface area (TPSA) is 20.2 Å². The van der Waals surface area contributed by atoms with Gasteiger partial charge in [-0.15, -0.1) is 0 Å². The molecule has 0 radical (unpaired) electrons. The second kappa shape index (κ2) is 6.56. The monoisotopic (exact) mass is 296 g/mol. The SMILES string of the molecule is CC(C)CC(c1ccc(-c2ccc(O)cc2)cc1)C(C)(C)C. The highest BCUT2D eigenvalue weighted by Gasteiger charge is 2.26. The van der Waals surface area contributed by atoms with E-state index in [-0.39, 0.29) is 5.41 Å². The summed E-state index contributed by atoms with van der Waals surface area (Å²) in [6, 6.07) is 16.3. The Morgan fingerprint density at radius 2 is 1.27 bits per heavy atom. The smallest absolute Gasteiger partial charge is 0.115 e. The molecule has 0 fully saturated rings. The van der Waals surface area contributed by atoms with Crippen LogP contribution >= 0.6 is 0 Å². The number of hydrogen-bond donors (Lipinski definition) is 1. The van der Waals surface area contributed by atoms with E-state index in [0.29, 0.717) is 17.6 Å². The number of phenolic OH excluding ortho intramolecular Hbond substituents is 1. The molecular formula is C21H28O. The maximum Gasteiger partial charge on any atom is 0.115 e. The molecule has 2 aromatic rings. The Kier molecular flexibility index (Phi) is 4.95. The van der Waals surface area contributed by atoms with Crippen molar-refractivity contribution < 1.29 is 5.11 Å². The summed E-state index contributed by atoms with van der Waals surface area (Å²) in [6.07, 6.45) is 1.21. The van der Waals surface area contributed by atoms with Gasteiger partial charge in [0.05, 0.1) is 0 Å².